The van der Waals surface area contributed by atoms with Gasteiger partial charge in [0.25, 0.3) is 0 Å². The molecule has 0 amide bonds. The van der Waals surface area contributed by atoms with Crippen LogP contribution in [0.25, 0.3) is 88.4 Å². The van der Waals surface area contributed by atoms with Crippen LogP contribution in [0.3, 0.4) is 0 Å². The van der Waals surface area contributed by atoms with Crippen molar-refractivity contribution < 1.29 is 8.83 Å². The fourth-order valence-corrected chi connectivity index (χ4v) is 8.35. The Hall–Kier alpha value is -7.62. The van der Waals surface area contributed by atoms with Crippen molar-refractivity contribution >= 4 is 60.9 Å². The van der Waals surface area contributed by atoms with Crippen molar-refractivity contribution in [3.63, 3.8) is 0 Å². The fourth-order valence-electron chi connectivity index (χ4n) is 8.35. The van der Waals surface area contributed by atoms with Crippen LogP contribution in [-0.4, -0.2) is 0 Å². The third-order valence-electron chi connectivity index (χ3n) is 11.1. The monoisotopic (exact) mass is 729 g/mol. The van der Waals surface area contributed by atoms with E-state index in [9.17, 15) is 0 Å². The van der Waals surface area contributed by atoms with Gasteiger partial charge in [0.2, 0.25) is 0 Å². The third-order valence-corrected chi connectivity index (χ3v) is 11.1. The van der Waals surface area contributed by atoms with Crippen LogP contribution < -0.4 is 4.90 Å². The highest BCUT2D eigenvalue weighted by atomic mass is 16.3. The van der Waals surface area contributed by atoms with Gasteiger partial charge in [0.1, 0.15) is 16.7 Å². The lowest BCUT2D eigenvalue weighted by Gasteiger charge is -2.26. The normalized spacial score (nSPS) is 11.5. The van der Waals surface area contributed by atoms with Crippen LogP contribution in [0, 0.1) is 0 Å². The summed E-state index contributed by atoms with van der Waals surface area (Å²) < 4.78 is 13.2. The summed E-state index contributed by atoms with van der Waals surface area (Å²) in [7, 11) is 0. The molecule has 0 saturated heterocycles. The Morgan fingerprint density at radius 3 is 1.42 bits per heavy atom. The van der Waals surface area contributed by atoms with Crippen molar-refractivity contribution in [1.29, 1.82) is 0 Å². The second kappa shape index (κ2) is 13.6. The first-order chi connectivity index (χ1) is 28.3. The third kappa shape index (κ3) is 5.68. The summed E-state index contributed by atoms with van der Waals surface area (Å²) in [6, 6.07) is 75.0. The van der Waals surface area contributed by atoms with Crippen molar-refractivity contribution in [2.75, 3.05) is 4.90 Å². The number of anilines is 3. The quantitative estimate of drug-likeness (QED) is 0.164. The Balaban J connectivity index is 1.04. The second-order valence-corrected chi connectivity index (χ2v) is 14.5. The molecule has 0 fully saturated rings. The van der Waals surface area contributed by atoms with Crippen LogP contribution >= 0.6 is 0 Å². The van der Waals surface area contributed by atoms with E-state index in [1.807, 2.05) is 24.3 Å². The van der Waals surface area contributed by atoms with Crippen molar-refractivity contribution in [3.05, 3.63) is 212 Å². The van der Waals surface area contributed by atoms with E-state index in [1.165, 1.54) is 16.7 Å². The molecule has 268 valence electrons. The average molecular weight is 730 g/mol. The average Bonchev–Trinajstić information content (AvgIpc) is 3.87. The summed E-state index contributed by atoms with van der Waals surface area (Å²) in [5, 5.41) is 4.43. The van der Waals surface area contributed by atoms with Gasteiger partial charge in [0.15, 0.2) is 5.58 Å². The molecule has 0 aliphatic heterocycles. The van der Waals surface area contributed by atoms with Crippen LogP contribution in [0.15, 0.2) is 221 Å². The van der Waals surface area contributed by atoms with Gasteiger partial charge in [0.05, 0.1) is 5.69 Å². The summed E-state index contributed by atoms with van der Waals surface area (Å²) in [4.78, 5) is 2.31. The van der Waals surface area contributed by atoms with E-state index in [2.05, 4.69) is 193 Å². The summed E-state index contributed by atoms with van der Waals surface area (Å²) >= 11 is 0. The van der Waals surface area contributed by atoms with Crippen LogP contribution in [-0.2, 0) is 0 Å². The number of hydrogen-bond acceptors (Lipinski definition) is 3. The van der Waals surface area contributed by atoms with Crippen LogP contribution in [0.2, 0.25) is 0 Å². The fraction of sp³-hybridized carbons (Fsp3) is 0. The van der Waals surface area contributed by atoms with Crippen LogP contribution in [0.1, 0.15) is 0 Å². The van der Waals surface area contributed by atoms with Gasteiger partial charge < -0.3 is 13.7 Å². The number of nitrogens with zero attached hydrogens (tertiary/aromatic N) is 1. The van der Waals surface area contributed by atoms with Gasteiger partial charge in [-0.1, -0.05) is 170 Å². The highest BCUT2D eigenvalue weighted by Crippen LogP contribution is 2.45. The molecule has 0 radical (unpaired) electrons. The van der Waals surface area contributed by atoms with Gasteiger partial charge in [0, 0.05) is 38.5 Å². The molecular weight excluding hydrogens is 695 g/mol. The zero-order valence-corrected chi connectivity index (χ0v) is 31.0. The lowest BCUT2D eigenvalue weighted by molar-refractivity contribution is 0.669. The zero-order chi connectivity index (χ0) is 37.7. The molecule has 57 heavy (non-hydrogen) atoms. The summed E-state index contributed by atoms with van der Waals surface area (Å²) in [6.45, 7) is 0. The largest absolute Gasteiger partial charge is 0.456 e. The van der Waals surface area contributed by atoms with E-state index >= 15 is 0 Å². The minimum absolute atomic E-state index is 0.843. The first-order valence-electron chi connectivity index (χ1n) is 19.3. The van der Waals surface area contributed by atoms with E-state index in [-0.39, 0.29) is 0 Å². The molecule has 0 aliphatic rings. The van der Waals surface area contributed by atoms with E-state index < -0.39 is 0 Å². The molecule has 2 aromatic heterocycles. The van der Waals surface area contributed by atoms with Crippen molar-refractivity contribution in [1.82, 2.24) is 0 Å². The molecule has 2 heterocycles. The van der Waals surface area contributed by atoms with E-state index in [0.717, 1.165) is 88.8 Å². The molecule has 0 N–H and O–H groups in total. The van der Waals surface area contributed by atoms with Gasteiger partial charge in [-0.2, -0.15) is 0 Å². The standard InChI is InChI=1S/C54H35NO2/c1-3-12-36(13-4-1)37-24-26-38(27-25-37)39-28-32-42(33-29-39)55(43-34-30-41(31-35-43)44-17-11-23-51-52(44)48-16-7-8-22-50(48)56-51)49-21-10-20-47-46-19-9-18-45(53(46)57-54(47)49)40-14-5-2-6-15-40/h1-35H. The summed E-state index contributed by atoms with van der Waals surface area (Å²) in [5.74, 6) is 0. The molecule has 0 saturated carbocycles. The number of fused-ring (bicyclic) bond motifs is 6. The number of hydrogen-bond donors (Lipinski definition) is 0. The maximum absolute atomic E-state index is 6.95. The van der Waals surface area contributed by atoms with Crippen LogP contribution in [0.4, 0.5) is 17.1 Å². The highest BCUT2D eigenvalue weighted by molar-refractivity contribution is 6.14. The molecule has 11 aromatic rings. The first-order valence-corrected chi connectivity index (χ1v) is 19.3. The SMILES string of the molecule is c1ccc(-c2ccc(-c3ccc(N(c4ccc(-c5cccc6oc7ccccc7c56)cc4)c4cccc5c4oc4c(-c6ccccc6)cccc45)cc3)cc2)cc1. The van der Waals surface area contributed by atoms with Crippen molar-refractivity contribution in [2.45, 2.75) is 0 Å². The summed E-state index contributed by atoms with van der Waals surface area (Å²) in [5.41, 5.74) is 15.8. The Morgan fingerprint density at radius 1 is 0.281 bits per heavy atom. The molecule has 0 atom stereocenters. The van der Waals surface area contributed by atoms with Crippen molar-refractivity contribution in [3.8, 4) is 44.5 Å². The predicted molar refractivity (Wildman–Crippen MR) is 237 cm³/mol. The van der Waals surface area contributed by atoms with E-state index in [4.69, 9.17) is 8.83 Å². The van der Waals surface area contributed by atoms with Gasteiger partial charge in [-0.05, 0) is 81.4 Å². The molecule has 0 bridgehead atoms. The maximum atomic E-state index is 6.95. The molecule has 11 rings (SSSR count). The van der Waals surface area contributed by atoms with Gasteiger partial charge in [-0.3, -0.25) is 0 Å². The second-order valence-electron chi connectivity index (χ2n) is 14.5. The Morgan fingerprint density at radius 2 is 0.737 bits per heavy atom. The maximum Gasteiger partial charge on any atom is 0.159 e. The minimum Gasteiger partial charge on any atom is -0.456 e. The minimum atomic E-state index is 0.843. The Bertz CT molecular complexity index is 3200. The topological polar surface area (TPSA) is 29.5 Å². The lowest BCUT2D eigenvalue weighted by Crippen LogP contribution is -2.10. The molecule has 3 heteroatoms. The first kappa shape index (κ1) is 32.8. The number of para-hydroxylation sites is 3. The van der Waals surface area contributed by atoms with E-state index in [1.54, 1.807) is 0 Å². The molecular formula is C54H35NO2. The number of benzene rings is 9. The van der Waals surface area contributed by atoms with Crippen LogP contribution in [0.5, 0.6) is 0 Å². The molecule has 9 aromatic carbocycles. The lowest BCUT2D eigenvalue weighted by atomic mass is 9.98. The van der Waals surface area contributed by atoms with Gasteiger partial charge >= 0.3 is 0 Å². The van der Waals surface area contributed by atoms with Crippen molar-refractivity contribution in [2.24, 2.45) is 0 Å². The summed E-state index contributed by atoms with van der Waals surface area (Å²) in [6.07, 6.45) is 0. The van der Waals surface area contributed by atoms with E-state index in [0.29, 0.717) is 0 Å². The highest BCUT2D eigenvalue weighted by Gasteiger charge is 2.21. The predicted octanol–water partition coefficient (Wildman–Crippen LogP) is 15.6. The molecule has 0 unspecified atom stereocenters. The number of rotatable bonds is 7. The molecule has 0 spiro atoms. The zero-order valence-electron chi connectivity index (χ0n) is 31.0. The van der Waals surface area contributed by atoms with Gasteiger partial charge in [-0.15, -0.1) is 0 Å². The number of furan rings is 2. The van der Waals surface area contributed by atoms with Gasteiger partial charge in [-0.25, -0.2) is 0 Å². The molecule has 0 aliphatic carbocycles. The Labute approximate surface area is 330 Å². The molecule has 3 nitrogen and oxygen atoms in total. The Kier molecular flexibility index (Phi) is 7.82. The smallest absolute Gasteiger partial charge is 0.159 e.